The molecular weight excluding hydrogens is 339 g/mol. The van der Waals surface area contributed by atoms with Gasteiger partial charge in [0.1, 0.15) is 12.4 Å². The van der Waals surface area contributed by atoms with Crippen LogP contribution < -0.4 is 4.74 Å². The standard InChI is InChI=1S/C17H20NO2.Y/c1-4-12-20-15-9-7-14(8-10-15)16-11-6-13(3)17(19)18(16)5-2;/h4,7-10,13H,1,5-6,12H2,2-3H3;/q-1;. The van der Waals surface area contributed by atoms with E-state index in [1.807, 2.05) is 38.1 Å². The summed E-state index contributed by atoms with van der Waals surface area (Å²) in [5.74, 6) is 0.995. The fourth-order valence-corrected chi connectivity index (χ4v) is 2.24. The summed E-state index contributed by atoms with van der Waals surface area (Å²) >= 11 is 0. The fraction of sp³-hybridized carbons (Fsp3) is 0.353. The zero-order valence-electron chi connectivity index (χ0n) is 12.6. The Morgan fingerprint density at radius 1 is 1.43 bits per heavy atom. The van der Waals surface area contributed by atoms with Crippen molar-refractivity contribution in [1.29, 1.82) is 0 Å². The summed E-state index contributed by atoms with van der Waals surface area (Å²) in [5, 5.41) is 0. The predicted molar refractivity (Wildman–Crippen MR) is 80.0 cm³/mol. The zero-order chi connectivity index (χ0) is 14.5. The van der Waals surface area contributed by atoms with Crippen molar-refractivity contribution in [1.82, 2.24) is 4.90 Å². The number of allylic oxidation sites excluding steroid dienone is 1. The third-order valence-electron chi connectivity index (χ3n) is 3.35. The molecule has 1 aromatic carbocycles. The van der Waals surface area contributed by atoms with Gasteiger partial charge in [0, 0.05) is 45.2 Å². The van der Waals surface area contributed by atoms with Gasteiger partial charge < -0.3 is 9.64 Å². The third-order valence-corrected chi connectivity index (χ3v) is 3.35. The maximum absolute atomic E-state index is 12.2. The minimum atomic E-state index is 0. The molecule has 0 fully saturated rings. The molecule has 1 unspecified atom stereocenters. The molecular formula is C17H20NO2Y-. The van der Waals surface area contributed by atoms with Crippen LogP contribution in [0.5, 0.6) is 5.75 Å². The molecule has 0 saturated carbocycles. The van der Waals surface area contributed by atoms with Crippen LogP contribution in [0, 0.1) is 12.0 Å². The molecule has 1 aromatic rings. The van der Waals surface area contributed by atoms with Crippen LogP contribution >= 0.6 is 0 Å². The Labute approximate surface area is 151 Å². The van der Waals surface area contributed by atoms with Gasteiger partial charge in [-0.25, -0.2) is 6.08 Å². The number of amides is 1. The number of hydrogen-bond donors (Lipinski definition) is 0. The van der Waals surface area contributed by atoms with Crippen molar-refractivity contribution in [2.24, 2.45) is 5.92 Å². The largest absolute Gasteiger partial charge is 0.490 e. The Kier molecular flexibility index (Phi) is 7.34. The van der Waals surface area contributed by atoms with Crippen molar-refractivity contribution in [3.05, 3.63) is 48.6 Å². The van der Waals surface area contributed by atoms with Crippen LogP contribution in [0.4, 0.5) is 0 Å². The summed E-state index contributed by atoms with van der Waals surface area (Å²) in [6, 6.07) is 7.74. The average Bonchev–Trinajstić information content (AvgIpc) is 2.48. The van der Waals surface area contributed by atoms with Gasteiger partial charge in [0.15, 0.2) is 0 Å². The Morgan fingerprint density at radius 2 is 2.10 bits per heavy atom. The van der Waals surface area contributed by atoms with Crippen molar-refractivity contribution in [2.45, 2.75) is 20.3 Å². The van der Waals surface area contributed by atoms with Gasteiger partial charge in [-0.15, -0.1) is 17.8 Å². The average molecular weight is 359 g/mol. The van der Waals surface area contributed by atoms with E-state index in [0.717, 1.165) is 17.0 Å². The van der Waals surface area contributed by atoms with E-state index in [1.54, 1.807) is 11.0 Å². The van der Waals surface area contributed by atoms with E-state index >= 15 is 0 Å². The summed E-state index contributed by atoms with van der Waals surface area (Å²) in [5.41, 5.74) is 1.88. The summed E-state index contributed by atoms with van der Waals surface area (Å²) in [7, 11) is 0. The predicted octanol–water partition coefficient (Wildman–Crippen LogP) is 3.28. The first-order chi connectivity index (χ1) is 9.67. The SMILES string of the molecule is C=CCOc1ccc(C2=[C-]CC(C)C(=O)N2CC)cc1.[Y]. The number of carbonyl (C=O) groups excluding carboxylic acids is 1. The third kappa shape index (κ3) is 4.27. The molecule has 1 aliphatic rings. The molecule has 21 heavy (non-hydrogen) atoms. The van der Waals surface area contributed by atoms with Gasteiger partial charge in [-0.05, 0) is 19.1 Å². The van der Waals surface area contributed by atoms with Gasteiger partial charge in [-0.2, -0.15) is 5.56 Å². The minimum absolute atomic E-state index is 0. The number of benzene rings is 1. The summed E-state index contributed by atoms with van der Waals surface area (Å²) in [6.07, 6.45) is 5.74. The first-order valence-electron chi connectivity index (χ1n) is 6.93. The zero-order valence-corrected chi connectivity index (χ0v) is 15.5. The molecule has 1 amide bonds. The second-order valence-corrected chi connectivity index (χ2v) is 4.84. The van der Waals surface area contributed by atoms with Crippen LogP contribution in [0.25, 0.3) is 5.70 Å². The number of rotatable bonds is 5. The Balaban J connectivity index is 0.00000220. The molecule has 1 radical (unpaired) electrons. The molecule has 0 bridgehead atoms. The van der Waals surface area contributed by atoms with Crippen LogP contribution in [0.1, 0.15) is 25.8 Å². The fourth-order valence-electron chi connectivity index (χ4n) is 2.24. The van der Waals surface area contributed by atoms with Crippen molar-refractivity contribution >= 4 is 11.6 Å². The number of ether oxygens (including phenoxy) is 1. The maximum Gasteiger partial charge on any atom is 0.225 e. The van der Waals surface area contributed by atoms with E-state index in [4.69, 9.17) is 4.74 Å². The van der Waals surface area contributed by atoms with Crippen molar-refractivity contribution in [3.8, 4) is 5.75 Å². The van der Waals surface area contributed by atoms with Crippen LogP contribution in [0.2, 0.25) is 0 Å². The van der Waals surface area contributed by atoms with Gasteiger partial charge in [-0.1, -0.05) is 26.0 Å². The van der Waals surface area contributed by atoms with Gasteiger partial charge in [0.05, 0.1) is 0 Å². The smallest absolute Gasteiger partial charge is 0.225 e. The molecule has 0 N–H and O–H groups in total. The molecule has 1 heterocycles. The maximum atomic E-state index is 12.2. The van der Waals surface area contributed by atoms with Gasteiger partial charge in [0.2, 0.25) is 5.91 Å². The summed E-state index contributed by atoms with van der Waals surface area (Å²) in [6.45, 7) is 8.71. The number of nitrogens with zero attached hydrogens (tertiary/aromatic N) is 1. The van der Waals surface area contributed by atoms with Crippen LogP contribution in [0.3, 0.4) is 0 Å². The van der Waals surface area contributed by atoms with Gasteiger partial charge in [0.25, 0.3) is 0 Å². The van der Waals surface area contributed by atoms with Crippen LogP contribution in [-0.2, 0) is 37.5 Å². The number of hydrogen-bond acceptors (Lipinski definition) is 2. The topological polar surface area (TPSA) is 29.5 Å². The Bertz CT molecular complexity index is 522. The van der Waals surface area contributed by atoms with Gasteiger partial charge in [-0.3, -0.25) is 4.79 Å². The van der Waals surface area contributed by atoms with Crippen molar-refractivity contribution < 1.29 is 42.2 Å². The van der Waals surface area contributed by atoms with E-state index in [-0.39, 0.29) is 44.5 Å². The van der Waals surface area contributed by atoms with E-state index in [2.05, 4.69) is 12.7 Å². The van der Waals surface area contributed by atoms with Crippen LogP contribution in [0.15, 0.2) is 36.9 Å². The second-order valence-electron chi connectivity index (χ2n) is 4.84. The van der Waals surface area contributed by atoms with E-state index in [0.29, 0.717) is 19.6 Å². The molecule has 1 atom stereocenters. The molecule has 0 spiro atoms. The molecule has 3 nitrogen and oxygen atoms in total. The number of carbonyl (C=O) groups is 1. The van der Waals surface area contributed by atoms with Crippen molar-refractivity contribution in [3.63, 3.8) is 0 Å². The van der Waals surface area contributed by atoms with E-state index < -0.39 is 0 Å². The quantitative estimate of drug-likeness (QED) is 0.597. The Morgan fingerprint density at radius 3 is 2.67 bits per heavy atom. The van der Waals surface area contributed by atoms with Crippen LogP contribution in [-0.4, -0.2) is 24.0 Å². The second kappa shape index (κ2) is 8.50. The monoisotopic (exact) mass is 359 g/mol. The van der Waals surface area contributed by atoms with Crippen molar-refractivity contribution in [2.75, 3.05) is 13.2 Å². The molecule has 0 aromatic heterocycles. The summed E-state index contributed by atoms with van der Waals surface area (Å²) in [4.78, 5) is 14.0. The molecule has 109 valence electrons. The molecule has 1 aliphatic heterocycles. The first-order valence-corrected chi connectivity index (χ1v) is 6.93. The Hall–Kier alpha value is -0.926. The summed E-state index contributed by atoms with van der Waals surface area (Å²) < 4.78 is 5.46. The van der Waals surface area contributed by atoms with Gasteiger partial charge >= 0.3 is 0 Å². The van der Waals surface area contributed by atoms with E-state index in [1.165, 1.54) is 0 Å². The molecule has 0 saturated heterocycles. The first kappa shape index (κ1) is 18.1. The molecule has 0 aliphatic carbocycles. The van der Waals surface area contributed by atoms with E-state index in [9.17, 15) is 4.79 Å². The molecule has 4 heteroatoms. The minimum Gasteiger partial charge on any atom is -0.490 e. The molecule has 2 rings (SSSR count). The normalized spacial score (nSPS) is 17.8.